The summed E-state index contributed by atoms with van der Waals surface area (Å²) in [4.78, 5) is 12.3. The van der Waals surface area contributed by atoms with Crippen molar-refractivity contribution in [3.05, 3.63) is 70.0 Å². The van der Waals surface area contributed by atoms with Gasteiger partial charge in [-0.25, -0.2) is 9.18 Å². The molecule has 3 heteroatoms. The lowest BCUT2D eigenvalue weighted by Crippen LogP contribution is -2.05. The van der Waals surface area contributed by atoms with Crippen LogP contribution in [0.3, 0.4) is 0 Å². The molecule has 2 aromatic carbocycles. The molecule has 0 aliphatic heterocycles. The molecule has 3 aromatic rings. The van der Waals surface area contributed by atoms with Crippen LogP contribution in [0.4, 0.5) is 4.39 Å². The Morgan fingerprint density at radius 1 is 0.781 bits per heavy atom. The van der Waals surface area contributed by atoms with Crippen molar-refractivity contribution < 1.29 is 8.81 Å². The molecule has 0 radical (unpaired) electrons. The zero-order valence-corrected chi connectivity index (χ0v) is 19.7. The minimum atomic E-state index is -0.601. The molecule has 2 nitrogen and oxygen atoms in total. The van der Waals surface area contributed by atoms with Crippen molar-refractivity contribution in [2.24, 2.45) is 0 Å². The lowest BCUT2D eigenvalue weighted by atomic mass is 9.98. The first-order chi connectivity index (χ1) is 15.6. The molecule has 172 valence electrons. The van der Waals surface area contributed by atoms with Gasteiger partial charge in [0, 0.05) is 12.0 Å². The van der Waals surface area contributed by atoms with Crippen molar-refractivity contribution >= 4 is 10.8 Å². The van der Waals surface area contributed by atoms with Crippen LogP contribution in [0.15, 0.2) is 51.7 Å². The second kappa shape index (κ2) is 12.6. The molecule has 0 aliphatic carbocycles. The maximum Gasteiger partial charge on any atom is 0.346 e. The molecule has 0 saturated heterocycles. The van der Waals surface area contributed by atoms with E-state index in [-0.39, 0.29) is 5.39 Å². The van der Waals surface area contributed by atoms with Crippen molar-refractivity contribution in [3.8, 4) is 11.1 Å². The molecule has 0 aliphatic rings. The normalized spacial score (nSPS) is 11.3. The van der Waals surface area contributed by atoms with E-state index in [1.165, 1.54) is 69.8 Å². The molecule has 0 atom stereocenters. The summed E-state index contributed by atoms with van der Waals surface area (Å²) >= 11 is 0. The maximum atomic E-state index is 15.1. The second-order valence-electron chi connectivity index (χ2n) is 8.87. The van der Waals surface area contributed by atoms with Gasteiger partial charge in [0.2, 0.25) is 0 Å². The molecule has 0 saturated carbocycles. The van der Waals surface area contributed by atoms with Crippen molar-refractivity contribution in [1.82, 2.24) is 0 Å². The Morgan fingerprint density at radius 3 is 2.03 bits per heavy atom. The monoisotopic (exact) mass is 436 g/mol. The van der Waals surface area contributed by atoms with Gasteiger partial charge in [-0.2, -0.15) is 0 Å². The lowest BCUT2D eigenvalue weighted by Gasteiger charge is -2.08. The molecular formula is C29H37FO2. The van der Waals surface area contributed by atoms with E-state index in [4.69, 9.17) is 4.42 Å². The fourth-order valence-corrected chi connectivity index (χ4v) is 4.36. The molecule has 0 spiro atoms. The van der Waals surface area contributed by atoms with Gasteiger partial charge in [0.1, 0.15) is 17.0 Å². The third-order valence-electron chi connectivity index (χ3n) is 6.35. The van der Waals surface area contributed by atoms with Gasteiger partial charge in [0.05, 0.1) is 0 Å². The summed E-state index contributed by atoms with van der Waals surface area (Å²) in [7, 11) is 0. The topological polar surface area (TPSA) is 30.2 Å². The maximum absolute atomic E-state index is 15.1. The average molecular weight is 437 g/mol. The van der Waals surface area contributed by atoms with Gasteiger partial charge >= 0.3 is 5.63 Å². The number of unbranched alkanes of at least 4 members (excludes halogenated alkanes) is 9. The van der Waals surface area contributed by atoms with Crippen LogP contribution in [0, 0.1) is 5.82 Å². The van der Waals surface area contributed by atoms with Crippen LogP contribution in [-0.2, 0) is 12.8 Å². The van der Waals surface area contributed by atoms with Crippen molar-refractivity contribution in [2.45, 2.75) is 90.9 Å². The zero-order valence-electron chi connectivity index (χ0n) is 19.7. The fourth-order valence-electron chi connectivity index (χ4n) is 4.36. The fraction of sp³-hybridized carbons (Fsp3) is 0.483. The molecule has 0 N–H and O–H groups in total. The number of hydrogen-bond acceptors (Lipinski definition) is 2. The summed E-state index contributed by atoms with van der Waals surface area (Å²) in [5, 5.41) is 0.631. The Labute approximate surface area is 191 Å². The van der Waals surface area contributed by atoms with Crippen molar-refractivity contribution in [3.63, 3.8) is 0 Å². The SMILES string of the molecule is CCCCCCCCCCCCc1ccc(-c2ccc3cc(CC)oc(=O)c3c2F)cc1. The minimum Gasteiger partial charge on any atom is -0.427 e. The predicted molar refractivity (Wildman–Crippen MR) is 133 cm³/mol. The second-order valence-corrected chi connectivity index (χ2v) is 8.87. The smallest absolute Gasteiger partial charge is 0.346 e. The highest BCUT2D eigenvalue weighted by Crippen LogP contribution is 2.28. The minimum absolute atomic E-state index is 0.0362. The van der Waals surface area contributed by atoms with E-state index in [0.29, 0.717) is 23.1 Å². The molecule has 3 rings (SSSR count). The van der Waals surface area contributed by atoms with Crippen LogP contribution < -0.4 is 5.63 Å². The molecule has 0 amide bonds. The number of benzene rings is 2. The van der Waals surface area contributed by atoms with Gasteiger partial charge in [-0.3, -0.25) is 0 Å². The van der Waals surface area contributed by atoms with E-state index in [0.717, 1.165) is 12.0 Å². The number of fused-ring (bicyclic) bond motifs is 1. The van der Waals surface area contributed by atoms with Gasteiger partial charge in [-0.15, -0.1) is 0 Å². The summed E-state index contributed by atoms with van der Waals surface area (Å²) in [5.74, 6) is 0.0762. The van der Waals surface area contributed by atoms with E-state index in [1.807, 2.05) is 25.1 Å². The summed E-state index contributed by atoms with van der Waals surface area (Å²) in [6.45, 7) is 4.17. The standard InChI is InChI=1S/C29H37FO2/c1-3-5-6-7-8-9-10-11-12-13-14-22-15-17-23(18-16-22)26-20-19-24-21-25(4-2)32-29(31)27(24)28(26)30/h15-21H,3-14H2,1-2H3. The summed E-state index contributed by atoms with van der Waals surface area (Å²) in [6, 6.07) is 13.4. The first-order valence-corrected chi connectivity index (χ1v) is 12.5. The molecule has 1 heterocycles. The van der Waals surface area contributed by atoms with Crippen molar-refractivity contribution in [2.75, 3.05) is 0 Å². The van der Waals surface area contributed by atoms with Crippen molar-refractivity contribution in [1.29, 1.82) is 0 Å². The Balaban J connectivity index is 1.51. The molecular weight excluding hydrogens is 399 g/mol. The van der Waals surface area contributed by atoms with E-state index < -0.39 is 11.4 Å². The Kier molecular flexibility index (Phi) is 9.52. The summed E-state index contributed by atoms with van der Waals surface area (Å²) in [6.07, 6.45) is 15.0. The Bertz CT molecular complexity index is 1030. The van der Waals surface area contributed by atoms with Gasteiger partial charge in [0.25, 0.3) is 0 Å². The van der Waals surface area contributed by atoms with E-state index >= 15 is 4.39 Å². The van der Waals surface area contributed by atoms with Gasteiger partial charge in [-0.1, -0.05) is 108 Å². The molecule has 32 heavy (non-hydrogen) atoms. The van der Waals surface area contributed by atoms with Gasteiger partial charge in [0.15, 0.2) is 0 Å². The van der Waals surface area contributed by atoms with Crippen LogP contribution in [0.1, 0.15) is 89.4 Å². The van der Waals surface area contributed by atoms with Crippen LogP contribution in [0.5, 0.6) is 0 Å². The highest BCUT2D eigenvalue weighted by atomic mass is 19.1. The average Bonchev–Trinajstić information content (AvgIpc) is 2.80. The molecule has 0 unspecified atom stereocenters. The molecule has 0 fully saturated rings. The van der Waals surface area contributed by atoms with Gasteiger partial charge < -0.3 is 4.42 Å². The van der Waals surface area contributed by atoms with E-state index in [1.54, 1.807) is 12.1 Å². The lowest BCUT2D eigenvalue weighted by molar-refractivity contribution is 0.469. The summed E-state index contributed by atoms with van der Waals surface area (Å²) < 4.78 is 20.4. The zero-order chi connectivity index (χ0) is 22.8. The summed E-state index contributed by atoms with van der Waals surface area (Å²) in [5.41, 5.74) is 1.91. The number of hydrogen-bond donors (Lipinski definition) is 0. The largest absolute Gasteiger partial charge is 0.427 e. The number of halogens is 1. The van der Waals surface area contributed by atoms with Crippen LogP contribution in [0.2, 0.25) is 0 Å². The third-order valence-corrected chi connectivity index (χ3v) is 6.35. The predicted octanol–water partition coefficient (Wildman–Crippen LogP) is 8.62. The van der Waals surface area contributed by atoms with Gasteiger partial charge in [-0.05, 0) is 35.4 Å². The number of aryl methyl sites for hydroxylation is 2. The molecule has 0 bridgehead atoms. The number of rotatable bonds is 13. The highest BCUT2D eigenvalue weighted by Gasteiger charge is 2.14. The Morgan fingerprint density at radius 2 is 1.41 bits per heavy atom. The Hall–Kier alpha value is -2.42. The van der Waals surface area contributed by atoms with Crippen LogP contribution in [-0.4, -0.2) is 0 Å². The quantitative estimate of drug-likeness (QED) is 0.251. The highest BCUT2D eigenvalue weighted by molar-refractivity contribution is 5.87. The van der Waals surface area contributed by atoms with E-state index in [2.05, 4.69) is 19.1 Å². The van der Waals surface area contributed by atoms with Crippen LogP contribution >= 0.6 is 0 Å². The van der Waals surface area contributed by atoms with Crippen LogP contribution in [0.25, 0.3) is 21.9 Å². The third kappa shape index (κ3) is 6.54. The molecule has 1 aromatic heterocycles. The first-order valence-electron chi connectivity index (χ1n) is 12.5. The van der Waals surface area contributed by atoms with E-state index in [9.17, 15) is 4.79 Å². The first kappa shape index (κ1) is 24.2.